The van der Waals surface area contributed by atoms with E-state index in [0.29, 0.717) is 11.3 Å². The Bertz CT molecular complexity index is 649. The normalized spacial score (nSPS) is 11.3. The number of hydrogen-bond acceptors (Lipinski definition) is 3. The van der Waals surface area contributed by atoms with Gasteiger partial charge in [-0.15, -0.1) is 11.3 Å². The van der Waals surface area contributed by atoms with E-state index in [2.05, 4.69) is 9.72 Å². The van der Waals surface area contributed by atoms with Crippen LogP contribution >= 0.6 is 11.3 Å². The van der Waals surface area contributed by atoms with Crippen LogP contribution in [-0.4, -0.2) is 16.0 Å². The lowest BCUT2D eigenvalue weighted by molar-refractivity contribution is -0.0494. The lowest BCUT2D eigenvalue weighted by Crippen LogP contribution is -2.03. The summed E-state index contributed by atoms with van der Waals surface area (Å²) in [5, 5.41) is 1.91. The molecule has 0 aliphatic heterocycles. The Kier molecular flexibility index (Phi) is 2.71. The van der Waals surface area contributed by atoms with Crippen LogP contribution in [0.2, 0.25) is 0 Å². The van der Waals surface area contributed by atoms with Crippen LogP contribution < -0.4 is 4.74 Å². The molecule has 6 heteroatoms. The molecule has 18 heavy (non-hydrogen) atoms. The maximum Gasteiger partial charge on any atom is 0.387 e. The number of aromatic nitrogens is 2. The standard InChI is InChI=1S/C12H8F2N2OS/c13-11(14)17-10-4-2-1-3-8(10)9-7-16-5-6-18-12(16)15-9/h1-7,11H. The predicted octanol–water partition coefficient (Wildman–Crippen LogP) is 3.66. The van der Waals surface area contributed by atoms with Crippen molar-refractivity contribution in [3.63, 3.8) is 0 Å². The molecule has 0 aliphatic carbocycles. The number of alkyl halides is 2. The number of para-hydroxylation sites is 1. The van der Waals surface area contributed by atoms with E-state index >= 15 is 0 Å². The van der Waals surface area contributed by atoms with Gasteiger partial charge in [-0.05, 0) is 12.1 Å². The van der Waals surface area contributed by atoms with Crippen molar-refractivity contribution < 1.29 is 13.5 Å². The highest BCUT2D eigenvalue weighted by atomic mass is 32.1. The molecule has 3 aromatic rings. The second kappa shape index (κ2) is 4.38. The fraction of sp³-hybridized carbons (Fsp3) is 0.0833. The maximum absolute atomic E-state index is 12.3. The van der Waals surface area contributed by atoms with E-state index in [1.165, 1.54) is 17.4 Å². The zero-order chi connectivity index (χ0) is 12.5. The first kappa shape index (κ1) is 11.2. The summed E-state index contributed by atoms with van der Waals surface area (Å²) in [7, 11) is 0. The highest BCUT2D eigenvalue weighted by Gasteiger charge is 2.13. The van der Waals surface area contributed by atoms with Crippen LogP contribution in [0.4, 0.5) is 8.78 Å². The van der Waals surface area contributed by atoms with E-state index < -0.39 is 6.61 Å². The van der Waals surface area contributed by atoms with E-state index in [1.54, 1.807) is 24.4 Å². The Balaban J connectivity index is 2.08. The van der Waals surface area contributed by atoms with Crippen molar-refractivity contribution in [1.82, 2.24) is 9.38 Å². The number of benzene rings is 1. The van der Waals surface area contributed by atoms with E-state index in [4.69, 9.17) is 0 Å². The van der Waals surface area contributed by atoms with Gasteiger partial charge in [0.05, 0.1) is 5.69 Å². The number of fused-ring (bicyclic) bond motifs is 1. The van der Waals surface area contributed by atoms with Crippen LogP contribution in [0.3, 0.4) is 0 Å². The molecule has 2 heterocycles. The van der Waals surface area contributed by atoms with Crippen molar-refractivity contribution in [2.45, 2.75) is 6.61 Å². The van der Waals surface area contributed by atoms with Crippen molar-refractivity contribution in [3.8, 4) is 17.0 Å². The topological polar surface area (TPSA) is 26.5 Å². The third-order valence-electron chi connectivity index (χ3n) is 2.47. The first-order chi connectivity index (χ1) is 8.74. The molecule has 0 fully saturated rings. The molecule has 0 bridgehead atoms. The summed E-state index contributed by atoms with van der Waals surface area (Å²) in [6.45, 7) is -2.84. The number of thiazole rings is 1. The molecule has 0 N–H and O–H groups in total. The summed E-state index contributed by atoms with van der Waals surface area (Å²) in [5.41, 5.74) is 1.19. The van der Waals surface area contributed by atoms with Gasteiger partial charge in [-0.3, -0.25) is 4.40 Å². The molecule has 1 aromatic carbocycles. The summed E-state index contributed by atoms with van der Waals surface area (Å²) in [6, 6.07) is 6.64. The van der Waals surface area contributed by atoms with Crippen molar-refractivity contribution in [2.75, 3.05) is 0 Å². The minimum absolute atomic E-state index is 0.137. The highest BCUT2D eigenvalue weighted by molar-refractivity contribution is 7.15. The zero-order valence-corrected chi connectivity index (χ0v) is 9.90. The molecule has 0 saturated carbocycles. The lowest BCUT2D eigenvalue weighted by Gasteiger charge is -2.08. The summed E-state index contributed by atoms with van der Waals surface area (Å²) in [6.07, 6.45) is 3.66. The molecule has 0 atom stereocenters. The fourth-order valence-electron chi connectivity index (χ4n) is 1.73. The van der Waals surface area contributed by atoms with Crippen LogP contribution in [0.1, 0.15) is 0 Å². The smallest absolute Gasteiger partial charge is 0.387 e. The second-order valence-corrected chi connectivity index (χ2v) is 4.47. The van der Waals surface area contributed by atoms with Gasteiger partial charge < -0.3 is 4.74 Å². The van der Waals surface area contributed by atoms with Crippen LogP contribution in [0.5, 0.6) is 5.75 Å². The van der Waals surface area contributed by atoms with Gasteiger partial charge in [0.15, 0.2) is 4.96 Å². The fourth-order valence-corrected chi connectivity index (χ4v) is 2.43. The molecular weight excluding hydrogens is 258 g/mol. The Morgan fingerprint density at radius 1 is 1.28 bits per heavy atom. The number of rotatable bonds is 3. The van der Waals surface area contributed by atoms with Gasteiger partial charge in [-0.25, -0.2) is 4.98 Å². The Hall–Kier alpha value is -1.95. The molecule has 0 radical (unpaired) electrons. The van der Waals surface area contributed by atoms with Crippen molar-refractivity contribution in [1.29, 1.82) is 0 Å². The first-order valence-corrected chi connectivity index (χ1v) is 6.08. The van der Waals surface area contributed by atoms with E-state index in [9.17, 15) is 8.78 Å². The number of imidazole rings is 1. The first-order valence-electron chi connectivity index (χ1n) is 5.20. The highest BCUT2D eigenvalue weighted by Crippen LogP contribution is 2.31. The van der Waals surface area contributed by atoms with Gasteiger partial charge in [0.2, 0.25) is 0 Å². The van der Waals surface area contributed by atoms with E-state index in [1.807, 2.05) is 16.0 Å². The molecule has 92 valence electrons. The minimum atomic E-state index is -2.84. The van der Waals surface area contributed by atoms with Crippen LogP contribution in [0.25, 0.3) is 16.2 Å². The molecule has 3 rings (SSSR count). The van der Waals surface area contributed by atoms with Gasteiger partial charge in [-0.1, -0.05) is 12.1 Å². The van der Waals surface area contributed by atoms with E-state index in [0.717, 1.165) is 4.96 Å². The number of nitrogens with zero attached hydrogens (tertiary/aromatic N) is 2. The van der Waals surface area contributed by atoms with Crippen LogP contribution in [0, 0.1) is 0 Å². The monoisotopic (exact) mass is 266 g/mol. The van der Waals surface area contributed by atoms with E-state index in [-0.39, 0.29) is 5.75 Å². The zero-order valence-electron chi connectivity index (χ0n) is 9.09. The quantitative estimate of drug-likeness (QED) is 0.723. The molecule has 0 spiro atoms. The van der Waals surface area contributed by atoms with Gasteiger partial charge in [0.25, 0.3) is 0 Å². The molecule has 0 unspecified atom stereocenters. The average molecular weight is 266 g/mol. The van der Waals surface area contributed by atoms with Gasteiger partial charge in [0, 0.05) is 23.3 Å². The summed E-state index contributed by atoms with van der Waals surface area (Å²) in [5.74, 6) is 0.137. The van der Waals surface area contributed by atoms with Crippen LogP contribution in [0.15, 0.2) is 42.0 Å². The predicted molar refractivity (Wildman–Crippen MR) is 65.1 cm³/mol. The van der Waals surface area contributed by atoms with Crippen LogP contribution in [-0.2, 0) is 0 Å². The van der Waals surface area contributed by atoms with Crippen molar-refractivity contribution in [3.05, 3.63) is 42.0 Å². The summed E-state index contributed by atoms with van der Waals surface area (Å²) >= 11 is 1.49. The number of halogens is 2. The third kappa shape index (κ3) is 1.95. The molecule has 2 aromatic heterocycles. The second-order valence-electron chi connectivity index (χ2n) is 3.59. The molecule has 0 amide bonds. The third-order valence-corrected chi connectivity index (χ3v) is 3.24. The summed E-state index contributed by atoms with van der Waals surface area (Å²) < 4.78 is 31.0. The number of ether oxygens (including phenoxy) is 1. The molecule has 0 aliphatic rings. The van der Waals surface area contributed by atoms with Crippen molar-refractivity contribution in [2.24, 2.45) is 0 Å². The van der Waals surface area contributed by atoms with Gasteiger partial charge in [-0.2, -0.15) is 8.78 Å². The number of hydrogen-bond donors (Lipinski definition) is 0. The van der Waals surface area contributed by atoms with Crippen molar-refractivity contribution >= 4 is 16.3 Å². The molecular formula is C12H8F2N2OS. The Morgan fingerprint density at radius 2 is 2.11 bits per heavy atom. The lowest BCUT2D eigenvalue weighted by atomic mass is 10.1. The van der Waals surface area contributed by atoms with Gasteiger partial charge >= 0.3 is 6.61 Å². The van der Waals surface area contributed by atoms with Gasteiger partial charge in [0.1, 0.15) is 5.75 Å². The molecule has 0 saturated heterocycles. The maximum atomic E-state index is 12.3. The summed E-state index contributed by atoms with van der Waals surface area (Å²) in [4.78, 5) is 5.18. The Labute approximate surface area is 105 Å². The molecule has 3 nitrogen and oxygen atoms in total. The minimum Gasteiger partial charge on any atom is -0.434 e. The average Bonchev–Trinajstić information content (AvgIpc) is 2.89. The SMILES string of the molecule is FC(F)Oc1ccccc1-c1cn2ccsc2n1. The largest absolute Gasteiger partial charge is 0.434 e. The Morgan fingerprint density at radius 3 is 2.89 bits per heavy atom.